The summed E-state index contributed by atoms with van der Waals surface area (Å²) in [6.07, 6.45) is 3.52. The van der Waals surface area contributed by atoms with Crippen LogP contribution in [0.5, 0.6) is 0 Å². The van der Waals surface area contributed by atoms with Crippen LogP contribution < -0.4 is 5.32 Å². The topological polar surface area (TPSA) is 59.4 Å². The number of benzene rings is 2. The van der Waals surface area contributed by atoms with Crippen LogP contribution in [0.2, 0.25) is 0 Å². The molecule has 1 amide bonds. The molecule has 2 aliphatic rings. The molecule has 6 nitrogen and oxygen atoms in total. The zero-order chi connectivity index (χ0) is 19.8. The Morgan fingerprint density at radius 1 is 1.10 bits per heavy atom. The number of hydrogen-bond acceptors (Lipinski definition) is 4. The lowest BCUT2D eigenvalue weighted by atomic mass is 9.98. The second-order valence-corrected chi connectivity index (χ2v) is 7.66. The molecule has 31 heavy (non-hydrogen) atoms. The number of aryl methyl sites for hydroxylation is 1. The summed E-state index contributed by atoms with van der Waals surface area (Å²) in [5.41, 5.74) is 5.95. The van der Waals surface area contributed by atoms with Crippen molar-refractivity contribution in [2.45, 2.75) is 12.0 Å². The van der Waals surface area contributed by atoms with Crippen molar-refractivity contribution >= 4 is 30.9 Å². The smallest absolute Gasteiger partial charge is 0.410 e. The number of hydrogen-bond donors (Lipinski definition) is 1. The van der Waals surface area contributed by atoms with Gasteiger partial charge in [-0.2, -0.15) is 5.10 Å². The second kappa shape index (κ2) is 9.73. The van der Waals surface area contributed by atoms with E-state index in [0.29, 0.717) is 19.7 Å². The van der Waals surface area contributed by atoms with Crippen LogP contribution in [0, 0.1) is 0 Å². The van der Waals surface area contributed by atoms with Crippen molar-refractivity contribution in [3.63, 3.8) is 0 Å². The van der Waals surface area contributed by atoms with E-state index in [0.717, 1.165) is 12.1 Å². The first-order valence-electron chi connectivity index (χ1n) is 10.0. The van der Waals surface area contributed by atoms with E-state index in [-0.39, 0.29) is 42.9 Å². The van der Waals surface area contributed by atoms with Crippen molar-refractivity contribution in [3.8, 4) is 11.1 Å². The van der Waals surface area contributed by atoms with Gasteiger partial charge in [0.2, 0.25) is 0 Å². The van der Waals surface area contributed by atoms with Gasteiger partial charge in [-0.3, -0.25) is 9.58 Å². The molecule has 1 saturated heterocycles. The molecule has 2 heterocycles. The number of ether oxygens (including phenoxy) is 1. The predicted molar refractivity (Wildman–Crippen MR) is 125 cm³/mol. The molecule has 0 bridgehead atoms. The first-order valence-corrected chi connectivity index (χ1v) is 10.0. The van der Waals surface area contributed by atoms with Crippen LogP contribution in [0.1, 0.15) is 28.7 Å². The molecule has 0 radical (unpaired) electrons. The number of carbonyl (C=O) groups is 1. The highest BCUT2D eigenvalue weighted by Crippen LogP contribution is 2.44. The molecule has 1 N–H and O–H groups in total. The number of nitrogens with zero attached hydrogens (tertiary/aromatic N) is 3. The lowest BCUT2D eigenvalue weighted by Gasteiger charge is -2.35. The lowest BCUT2D eigenvalue weighted by molar-refractivity contribution is 0.0752. The quantitative estimate of drug-likeness (QED) is 0.637. The average Bonchev–Trinajstić information content (AvgIpc) is 3.33. The number of carbonyl (C=O) groups excluding carboxylic acids is 1. The predicted octanol–water partition coefficient (Wildman–Crippen LogP) is 4.16. The van der Waals surface area contributed by atoms with E-state index in [1.165, 1.54) is 22.3 Å². The van der Waals surface area contributed by atoms with Crippen LogP contribution in [0.25, 0.3) is 11.1 Å². The second-order valence-electron chi connectivity index (χ2n) is 7.66. The first kappa shape index (κ1) is 23.1. The van der Waals surface area contributed by atoms with E-state index in [9.17, 15) is 4.79 Å². The van der Waals surface area contributed by atoms with Crippen LogP contribution in [0.15, 0.2) is 60.9 Å². The van der Waals surface area contributed by atoms with Crippen LogP contribution in [-0.2, 0) is 11.8 Å². The Labute approximate surface area is 194 Å². The highest BCUT2D eigenvalue weighted by Gasteiger charge is 2.33. The van der Waals surface area contributed by atoms with Crippen LogP contribution in [0.4, 0.5) is 4.79 Å². The zero-order valence-electron chi connectivity index (χ0n) is 17.2. The summed E-state index contributed by atoms with van der Waals surface area (Å²) in [6.45, 7) is 2.43. The minimum absolute atomic E-state index is 0. The van der Waals surface area contributed by atoms with E-state index < -0.39 is 0 Å². The van der Waals surface area contributed by atoms with Gasteiger partial charge in [-0.1, -0.05) is 48.5 Å². The molecule has 1 aliphatic carbocycles. The molecule has 0 spiro atoms. The van der Waals surface area contributed by atoms with Gasteiger partial charge in [0.1, 0.15) is 6.61 Å². The number of nitrogens with one attached hydrogen (secondary N) is 1. The fourth-order valence-corrected chi connectivity index (χ4v) is 4.51. The Kier molecular flexibility index (Phi) is 7.26. The summed E-state index contributed by atoms with van der Waals surface area (Å²) in [4.78, 5) is 14.8. The monoisotopic (exact) mass is 460 g/mol. The van der Waals surface area contributed by atoms with E-state index in [4.69, 9.17) is 4.74 Å². The average molecular weight is 461 g/mol. The Morgan fingerprint density at radius 2 is 1.74 bits per heavy atom. The fourth-order valence-electron chi connectivity index (χ4n) is 4.51. The molecule has 3 aromatic rings. The highest BCUT2D eigenvalue weighted by atomic mass is 35.5. The Balaban J connectivity index is 0.00000136. The molecule has 1 fully saturated rings. The van der Waals surface area contributed by atoms with Crippen molar-refractivity contribution < 1.29 is 9.53 Å². The van der Waals surface area contributed by atoms with Crippen LogP contribution in [-0.4, -0.2) is 47.0 Å². The number of aromatic nitrogens is 2. The van der Waals surface area contributed by atoms with Crippen molar-refractivity contribution in [2.75, 3.05) is 26.2 Å². The molecule has 1 atom stereocenters. The first-order chi connectivity index (χ1) is 14.2. The summed E-state index contributed by atoms with van der Waals surface area (Å²) in [6, 6.07) is 16.7. The maximum Gasteiger partial charge on any atom is 0.410 e. The largest absolute Gasteiger partial charge is 0.448 e. The van der Waals surface area contributed by atoms with Gasteiger partial charge >= 0.3 is 6.09 Å². The van der Waals surface area contributed by atoms with Gasteiger partial charge in [0.15, 0.2) is 0 Å². The molecule has 2 aromatic carbocycles. The van der Waals surface area contributed by atoms with Gasteiger partial charge in [-0.05, 0) is 22.3 Å². The Hall–Kier alpha value is -2.54. The number of piperazine rings is 1. The summed E-state index contributed by atoms with van der Waals surface area (Å²) in [5, 5.41) is 7.62. The molecular weight excluding hydrogens is 435 g/mol. The third-order valence-corrected chi connectivity index (χ3v) is 5.92. The van der Waals surface area contributed by atoms with E-state index in [1.54, 1.807) is 4.68 Å². The van der Waals surface area contributed by atoms with Gasteiger partial charge in [0.05, 0.1) is 12.2 Å². The summed E-state index contributed by atoms with van der Waals surface area (Å²) >= 11 is 0. The van der Waals surface area contributed by atoms with Gasteiger partial charge in [-0.25, -0.2) is 4.79 Å². The summed E-state index contributed by atoms with van der Waals surface area (Å²) < 4.78 is 7.63. The van der Waals surface area contributed by atoms with Crippen molar-refractivity contribution in [1.29, 1.82) is 0 Å². The molecule has 1 aromatic heterocycles. The van der Waals surface area contributed by atoms with Crippen molar-refractivity contribution in [1.82, 2.24) is 20.0 Å². The minimum Gasteiger partial charge on any atom is -0.448 e. The van der Waals surface area contributed by atoms with E-state index in [2.05, 4.69) is 46.8 Å². The van der Waals surface area contributed by atoms with Gasteiger partial charge in [0.25, 0.3) is 0 Å². The standard InChI is InChI=1S/C23H24N4O2.2ClH/c1-26-14-16(12-25-26)22-13-24-10-11-27(22)23(28)29-15-21-19-8-4-2-6-17(19)18-7-3-5-9-20(18)21;;/h2-9,12,14,21-22,24H,10-11,13,15H2,1H3;2*1H. The van der Waals surface area contributed by atoms with Crippen molar-refractivity contribution in [2.24, 2.45) is 7.05 Å². The third kappa shape index (κ3) is 4.28. The SMILES string of the molecule is Cl.Cl.Cn1cc(C2CNCCN2C(=O)OCC2c3ccccc3-c3ccccc32)cn1. The van der Waals surface area contributed by atoms with E-state index >= 15 is 0 Å². The third-order valence-electron chi connectivity index (χ3n) is 5.92. The van der Waals surface area contributed by atoms with E-state index in [1.807, 2.05) is 36.5 Å². The van der Waals surface area contributed by atoms with Gasteiger partial charge < -0.3 is 10.1 Å². The van der Waals surface area contributed by atoms with Crippen molar-refractivity contribution in [3.05, 3.63) is 77.6 Å². The molecule has 8 heteroatoms. The lowest BCUT2D eigenvalue weighted by Crippen LogP contribution is -2.49. The zero-order valence-corrected chi connectivity index (χ0v) is 18.9. The summed E-state index contributed by atoms with van der Waals surface area (Å²) in [7, 11) is 1.89. The van der Waals surface area contributed by atoms with Gasteiger partial charge in [-0.15, -0.1) is 24.8 Å². The molecular formula is C23H26Cl2N4O2. The molecule has 0 saturated carbocycles. The number of halogens is 2. The minimum atomic E-state index is -0.262. The van der Waals surface area contributed by atoms with Crippen LogP contribution >= 0.6 is 24.8 Å². The molecule has 5 rings (SSSR count). The molecule has 1 unspecified atom stereocenters. The highest BCUT2D eigenvalue weighted by molar-refractivity contribution is 5.85. The maximum absolute atomic E-state index is 13.0. The number of rotatable bonds is 3. The molecule has 1 aliphatic heterocycles. The number of fused-ring (bicyclic) bond motifs is 3. The maximum atomic E-state index is 13.0. The number of amides is 1. The normalized spacial score (nSPS) is 17.2. The van der Waals surface area contributed by atoms with Crippen LogP contribution in [0.3, 0.4) is 0 Å². The fraction of sp³-hybridized carbons (Fsp3) is 0.304. The summed E-state index contributed by atoms with van der Waals surface area (Å²) in [5.74, 6) is 0.0751. The Morgan fingerprint density at radius 3 is 2.35 bits per heavy atom. The van der Waals surface area contributed by atoms with Gasteiger partial charge in [0, 0.05) is 44.4 Å². The Bertz CT molecular complexity index is 1010. The molecule has 164 valence electrons.